The Labute approximate surface area is 111 Å². The van der Waals surface area contributed by atoms with Crippen LogP contribution in [0.2, 0.25) is 0 Å². The van der Waals surface area contributed by atoms with Gasteiger partial charge in [0.15, 0.2) is 0 Å². The van der Waals surface area contributed by atoms with Crippen molar-refractivity contribution in [2.75, 3.05) is 5.32 Å². The maximum atomic E-state index is 12.3. The molecule has 0 aliphatic carbocycles. The number of para-hydroxylation sites is 1. The topological polar surface area (TPSA) is 39.0 Å². The van der Waals surface area contributed by atoms with E-state index in [-0.39, 0.29) is 5.91 Å². The molecule has 4 heteroatoms. The first-order valence-corrected chi connectivity index (χ1v) is 6.14. The molecular formula is C15H15N3O. The van der Waals surface area contributed by atoms with E-state index in [9.17, 15) is 4.79 Å². The molecule has 0 atom stereocenters. The van der Waals surface area contributed by atoms with Gasteiger partial charge in [0.05, 0.1) is 11.0 Å². The Balaban J connectivity index is 1.96. The lowest BCUT2D eigenvalue weighted by molar-refractivity contribution is 0.102. The number of carbonyl (C=O) groups excluding carboxylic acids is 1. The van der Waals surface area contributed by atoms with Gasteiger partial charge in [-0.2, -0.15) is 0 Å². The lowest BCUT2D eigenvalue weighted by atomic mass is 10.3. The van der Waals surface area contributed by atoms with Gasteiger partial charge in [-0.05, 0) is 24.3 Å². The third kappa shape index (κ3) is 1.91. The summed E-state index contributed by atoms with van der Waals surface area (Å²) in [6, 6.07) is 13.4. The predicted octanol–water partition coefficient (Wildman–Crippen LogP) is 2.77. The Morgan fingerprint density at radius 1 is 1.05 bits per heavy atom. The molecule has 0 saturated heterocycles. The highest BCUT2D eigenvalue weighted by atomic mass is 16.1. The molecule has 0 aliphatic heterocycles. The number of nitrogens with zero attached hydrogens (tertiary/aromatic N) is 2. The highest BCUT2D eigenvalue weighted by Crippen LogP contribution is 2.20. The summed E-state index contributed by atoms with van der Waals surface area (Å²) in [5.41, 5.74) is 3.57. The van der Waals surface area contributed by atoms with Crippen LogP contribution < -0.4 is 5.32 Å². The molecule has 2 heterocycles. The SMILES string of the molecule is Cn1ccc2c1cc(C(=O)Nc1ccccc1)n2C. The van der Waals surface area contributed by atoms with Crippen LogP contribution in [-0.4, -0.2) is 15.0 Å². The Morgan fingerprint density at radius 3 is 2.47 bits per heavy atom. The molecule has 3 rings (SSSR count). The van der Waals surface area contributed by atoms with E-state index in [2.05, 4.69) is 5.32 Å². The summed E-state index contributed by atoms with van der Waals surface area (Å²) in [7, 11) is 3.88. The number of hydrogen-bond donors (Lipinski definition) is 1. The van der Waals surface area contributed by atoms with Crippen LogP contribution in [0.3, 0.4) is 0 Å². The van der Waals surface area contributed by atoms with Gasteiger partial charge < -0.3 is 14.5 Å². The minimum Gasteiger partial charge on any atom is -0.349 e. The van der Waals surface area contributed by atoms with Crippen molar-refractivity contribution in [3.05, 3.63) is 54.4 Å². The average Bonchev–Trinajstić information content (AvgIpc) is 2.93. The number of nitrogens with one attached hydrogen (secondary N) is 1. The summed E-state index contributed by atoms with van der Waals surface area (Å²) in [6.07, 6.45) is 1.99. The van der Waals surface area contributed by atoms with Crippen molar-refractivity contribution in [2.24, 2.45) is 14.1 Å². The number of aryl methyl sites for hydroxylation is 2. The zero-order chi connectivity index (χ0) is 13.4. The Morgan fingerprint density at radius 2 is 1.79 bits per heavy atom. The van der Waals surface area contributed by atoms with E-state index >= 15 is 0 Å². The third-order valence-electron chi connectivity index (χ3n) is 3.36. The van der Waals surface area contributed by atoms with Crippen molar-refractivity contribution < 1.29 is 4.79 Å². The fraction of sp³-hybridized carbons (Fsp3) is 0.133. The van der Waals surface area contributed by atoms with Gasteiger partial charge in [0.2, 0.25) is 0 Å². The number of anilines is 1. The number of fused-ring (bicyclic) bond motifs is 1. The summed E-state index contributed by atoms with van der Waals surface area (Å²) in [5, 5.41) is 2.90. The van der Waals surface area contributed by atoms with Gasteiger partial charge in [-0.15, -0.1) is 0 Å². The summed E-state index contributed by atoms with van der Waals surface area (Å²) in [5.74, 6) is -0.0927. The summed E-state index contributed by atoms with van der Waals surface area (Å²) < 4.78 is 3.92. The van der Waals surface area contributed by atoms with E-state index < -0.39 is 0 Å². The largest absolute Gasteiger partial charge is 0.349 e. The standard InChI is InChI=1S/C15H15N3O/c1-17-9-8-12-13(17)10-14(18(12)2)15(19)16-11-6-4-3-5-7-11/h3-10H,1-2H3,(H,16,19). The molecule has 0 aliphatic rings. The second kappa shape index (κ2) is 4.31. The van der Waals surface area contributed by atoms with Gasteiger partial charge in [0.25, 0.3) is 5.91 Å². The minimum atomic E-state index is -0.0927. The smallest absolute Gasteiger partial charge is 0.272 e. The second-order valence-electron chi connectivity index (χ2n) is 4.61. The van der Waals surface area contributed by atoms with Crippen LogP contribution in [-0.2, 0) is 14.1 Å². The molecule has 96 valence electrons. The molecule has 1 amide bonds. The zero-order valence-corrected chi connectivity index (χ0v) is 10.9. The molecule has 1 aromatic carbocycles. The van der Waals surface area contributed by atoms with Crippen LogP contribution in [0.1, 0.15) is 10.5 Å². The van der Waals surface area contributed by atoms with Crippen LogP contribution in [0.25, 0.3) is 11.0 Å². The highest BCUT2D eigenvalue weighted by molar-refractivity contribution is 6.06. The quantitative estimate of drug-likeness (QED) is 0.749. The molecule has 0 radical (unpaired) electrons. The molecular weight excluding hydrogens is 238 g/mol. The fourth-order valence-electron chi connectivity index (χ4n) is 2.28. The van der Waals surface area contributed by atoms with Crippen molar-refractivity contribution in [3.8, 4) is 0 Å². The van der Waals surface area contributed by atoms with Crippen molar-refractivity contribution >= 4 is 22.6 Å². The van der Waals surface area contributed by atoms with E-state index in [0.29, 0.717) is 5.69 Å². The van der Waals surface area contributed by atoms with Crippen molar-refractivity contribution in [1.82, 2.24) is 9.13 Å². The molecule has 19 heavy (non-hydrogen) atoms. The van der Waals surface area contributed by atoms with Crippen molar-refractivity contribution in [2.45, 2.75) is 0 Å². The van der Waals surface area contributed by atoms with Crippen LogP contribution in [0.4, 0.5) is 5.69 Å². The van der Waals surface area contributed by atoms with Gasteiger partial charge in [0, 0.05) is 26.0 Å². The second-order valence-corrected chi connectivity index (χ2v) is 4.61. The maximum Gasteiger partial charge on any atom is 0.272 e. The number of rotatable bonds is 2. The molecule has 0 unspecified atom stereocenters. The number of carbonyl (C=O) groups is 1. The van der Waals surface area contributed by atoms with Crippen LogP contribution in [0.15, 0.2) is 48.7 Å². The predicted molar refractivity (Wildman–Crippen MR) is 76.3 cm³/mol. The number of benzene rings is 1. The average molecular weight is 253 g/mol. The van der Waals surface area contributed by atoms with Gasteiger partial charge in [-0.1, -0.05) is 18.2 Å². The van der Waals surface area contributed by atoms with Crippen molar-refractivity contribution in [3.63, 3.8) is 0 Å². The van der Waals surface area contributed by atoms with E-state index in [1.54, 1.807) is 0 Å². The van der Waals surface area contributed by atoms with Gasteiger partial charge >= 0.3 is 0 Å². The maximum absolute atomic E-state index is 12.3. The van der Waals surface area contributed by atoms with Gasteiger partial charge in [0.1, 0.15) is 5.69 Å². The Bertz CT molecular complexity index is 737. The Hall–Kier alpha value is -2.49. The normalized spacial score (nSPS) is 10.8. The van der Waals surface area contributed by atoms with E-state index in [0.717, 1.165) is 16.7 Å². The lowest BCUT2D eigenvalue weighted by Gasteiger charge is -2.05. The molecule has 0 bridgehead atoms. The molecule has 0 spiro atoms. The monoisotopic (exact) mass is 253 g/mol. The van der Waals surface area contributed by atoms with E-state index in [1.165, 1.54) is 0 Å². The first-order chi connectivity index (χ1) is 9.16. The number of aromatic nitrogens is 2. The first kappa shape index (κ1) is 11.6. The lowest BCUT2D eigenvalue weighted by Crippen LogP contribution is -2.15. The highest BCUT2D eigenvalue weighted by Gasteiger charge is 2.14. The molecule has 3 aromatic rings. The number of hydrogen-bond acceptors (Lipinski definition) is 1. The summed E-state index contributed by atoms with van der Waals surface area (Å²) >= 11 is 0. The molecule has 0 saturated carbocycles. The van der Waals surface area contributed by atoms with Crippen molar-refractivity contribution in [1.29, 1.82) is 0 Å². The van der Waals surface area contributed by atoms with Gasteiger partial charge in [-0.25, -0.2) is 0 Å². The van der Waals surface area contributed by atoms with E-state index in [4.69, 9.17) is 0 Å². The molecule has 4 nitrogen and oxygen atoms in total. The zero-order valence-electron chi connectivity index (χ0n) is 10.9. The summed E-state index contributed by atoms with van der Waals surface area (Å²) in [6.45, 7) is 0. The first-order valence-electron chi connectivity index (χ1n) is 6.14. The Kier molecular flexibility index (Phi) is 2.63. The summed E-state index contributed by atoms with van der Waals surface area (Å²) in [4.78, 5) is 12.3. The minimum absolute atomic E-state index is 0.0927. The van der Waals surface area contributed by atoms with Crippen LogP contribution in [0, 0.1) is 0 Å². The van der Waals surface area contributed by atoms with Gasteiger partial charge in [-0.3, -0.25) is 4.79 Å². The molecule has 0 fully saturated rings. The fourth-order valence-corrected chi connectivity index (χ4v) is 2.28. The molecule has 1 N–H and O–H groups in total. The number of amides is 1. The van der Waals surface area contributed by atoms with E-state index in [1.807, 2.05) is 71.9 Å². The molecule has 2 aromatic heterocycles. The van der Waals surface area contributed by atoms with Crippen LogP contribution >= 0.6 is 0 Å². The van der Waals surface area contributed by atoms with Crippen LogP contribution in [0.5, 0.6) is 0 Å². The third-order valence-corrected chi connectivity index (χ3v) is 3.36.